The first-order valence-electron chi connectivity index (χ1n) is 8.41. The highest BCUT2D eigenvalue weighted by atomic mass is 16.3. The zero-order valence-electron chi connectivity index (χ0n) is 14.6. The average Bonchev–Trinajstić information content (AvgIpc) is 3.12. The van der Waals surface area contributed by atoms with Gasteiger partial charge in [-0.15, -0.1) is 0 Å². The number of hydrogen-bond acceptors (Lipinski definition) is 5. The van der Waals surface area contributed by atoms with Crippen molar-refractivity contribution in [2.75, 3.05) is 0 Å². The summed E-state index contributed by atoms with van der Waals surface area (Å²) in [6, 6.07) is 16.6. The number of hydrogen-bond donors (Lipinski definition) is 1. The first-order valence-corrected chi connectivity index (χ1v) is 8.41. The van der Waals surface area contributed by atoms with Crippen molar-refractivity contribution in [3.05, 3.63) is 84.1 Å². The third-order valence-corrected chi connectivity index (χ3v) is 4.06. The van der Waals surface area contributed by atoms with Crippen LogP contribution in [0.15, 0.2) is 76.5 Å². The summed E-state index contributed by atoms with van der Waals surface area (Å²) in [5.41, 5.74) is 5.39. The predicted molar refractivity (Wildman–Crippen MR) is 103 cm³/mol. The molecule has 0 saturated carbocycles. The van der Waals surface area contributed by atoms with E-state index in [2.05, 4.69) is 20.5 Å². The Morgan fingerprint density at radius 3 is 2.70 bits per heavy atom. The fraction of sp³-hybridized carbons (Fsp3) is 0.0476. The average molecular weight is 356 g/mol. The van der Waals surface area contributed by atoms with Crippen LogP contribution < -0.4 is 5.43 Å². The summed E-state index contributed by atoms with van der Waals surface area (Å²) in [5.74, 6) is 1.04. The van der Waals surface area contributed by atoms with E-state index in [9.17, 15) is 4.79 Å². The van der Waals surface area contributed by atoms with E-state index < -0.39 is 0 Å². The maximum Gasteiger partial charge on any atom is 0.272 e. The maximum absolute atomic E-state index is 12.7. The second-order valence-electron chi connectivity index (χ2n) is 5.96. The molecule has 6 nitrogen and oxygen atoms in total. The molecule has 0 unspecified atom stereocenters. The van der Waals surface area contributed by atoms with E-state index in [0.29, 0.717) is 17.0 Å². The van der Waals surface area contributed by atoms with Crippen molar-refractivity contribution in [1.29, 1.82) is 0 Å². The van der Waals surface area contributed by atoms with Crippen molar-refractivity contribution in [1.82, 2.24) is 15.4 Å². The summed E-state index contributed by atoms with van der Waals surface area (Å²) in [6.07, 6.45) is 4.86. The van der Waals surface area contributed by atoms with Crippen LogP contribution in [0.25, 0.3) is 22.2 Å². The molecule has 0 radical (unpaired) electrons. The molecule has 1 amide bonds. The Morgan fingerprint density at radius 1 is 1.11 bits per heavy atom. The Hall–Kier alpha value is -3.80. The number of aromatic nitrogens is 2. The van der Waals surface area contributed by atoms with Gasteiger partial charge in [-0.05, 0) is 43.3 Å². The number of fused-ring (bicyclic) bond motifs is 1. The number of amides is 1. The predicted octanol–water partition coefficient (Wildman–Crippen LogP) is 3.96. The van der Waals surface area contributed by atoms with Crippen molar-refractivity contribution in [2.24, 2.45) is 5.10 Å². The Labute approximate surface area is 155 Å². The third kappa shape index (κ3) is 3.59. The third-order valence-electron chi connectivity index (χ3n) is 4.06. The molecule has 1 aromatic carbocycles. The van der Waals surface area contributed by atoms with Crippen LogP contribution in [0.4, 0.5) is 0 Å². The van der Waals surface area contributed by atoms with Crippen LogP contribution in [-0.4, -0.2) is 22.1 Å². The molecule has 0 spiro atoms. The lowest BCUT2D eigenvalue weighted by Crippen LogP contribution is -2.18. The molecular weight excluding hydrogens is 340 g/mol. The van der Waals surface area contributed by atoms with Gasteiger partial charge < -0.3 is 4.42 Å². The van der Waals surface area contributed by atoms with Gasteiger partial charge in [0.25, 0.3) is 5.91 Å². The molecule has 3 heterocycles. The summed E-state index contributed by atoms with van der Waals surface area (Å²) in [6.45, 7) is 1.85. The Morgan fingerprint density at radius 2 is 1.93 bits per heavy atom. The van der Waals surface area contributed by atoms with Crippen LogP contribution >= 0.6 is 0 Å². The van der Waals surface area contributed by atoms with Gasteiger partial charge in [0.1, 0.15) is 11.5 Å². The zero-order valence-corrected chi connectivity index (χ0v) is 14.6. The number of furan rings is 1. The van der Waals surface area contributed by atoms with Gasteiger partial charge in [0.15, 0.2) is 0 Å². The molecule has 6 heteroatoms. The molecule has 0 fully saturated rings. The highest BCUT2D eigenvalue weighted by Crippen LogP contribution is 2.24. The second kappa shape index (κ2) is 7.21. The molecule has 132 valence electrons. The molecular formula is C21H16N4O2. The fourth-order valence-corrected chi connectivity index (χ4v) is 2.77. The smallest absolute Gasteiger partial charge is 0.272 e. The van der Waals surface area contributed by atoms with Crippen molar-refractivity contribution in [3.8, 4) is 11.3 Å². The monoisotopic (exact) mass is 356 g/mol. The lowest BCUT2D eigenvalue weighted by atomic mass is 10.0. The summed E-state index contributed by atoms with van der Waals surface area (Å²) in [4.78, 5) is 21.4. The largest absolute Gasteiger partial charge is 0.460 e. The van der Waals surface area contributed by atoms with Crippen molar-refractivity contribution in [2.45, 2.75) is 6.92 Å². The molecule has 3 aromatic heterocycles. The SMILES string of the molecule is Cc1ccc(C=NNC(=O)c2cc(-c3ccncc3)nc3ccccc23)o1. The molecule has 4 aromatic rings. The number of carbonyl (C=O) groups excluding carboxylic acids is 1. The number of aryl methyl sites for hydroxylation is 1. The fourth-order valence-electron chi connectivity index (χ4n) is 2.77. The van der Waals surface area contributed by atoms with E-state index in [1.54, 1.807) is 24.5 Å². The Bertz CT molecular complexity index is 1130. The highest BCUT2D eigenvalue weighted by molar-refractivity contribution is 6.07. The quantitative estimate of drug-likeness (QED) is 0.443. The lowest BCUT2D eigenvalue weighted by molar-refractivity contribution is 0.0956. The Balaban J connectivity index is 1.69. The van der Waals surface area contributed by atoms with Gasteiger partial charge >= 0.3 is 0 Å². The van der Waals surface area contributed by atoms with Crippen LogP contribution in [0, 0.1) is 6.92 Å². The summed E-state index contributed by atoms with van der Waals surface area (Å²) in [7, 11) is 0. The van der Waals surface area contributed by atoms with Gasteiger partial charge in [-0.25, -0.2) is 10.4 Å². The molecule has 0 atom stereocenters. The molecule has 0 saturated heterocycles. The maximum atomic E-state index is 12.7. The van der Waals surface area contributed by atoms with Crippen molar-refractivity contribution >= 4 is 23.0 Å². The van der Waals surface area contributed by atoms with E-state index in [4.69, 9.17) is 4.42 Å². The molecule has 0 bridgehead atoms. The van der Waals surface area contributed by atoms with E-state index >= 15 is 0 Å². The van der Waals surface area contributed by atoms with Gasteiger partial charge in [-0.3, -0.25) is 9.78 Å². The highest BCUT2D eigenvalue weighted by Gasteiger charge is 2.13. The van der Waals surface area contributed by atoms with E-state index in [-0.39, 0.29) is 5.91 Å². The molecule has 0 aliphatic heterocycles. The number of benzene rings is 1. The number of nitrogens with one attached hydrogen (secondary N) is 1. The minimum atomic E-state index is -0.316. The number of nitrogens with zero attached hydrogens (tertiary/aromatic N) is 3. The number of para-hydroxylation sites is 1. The number of pyridine rings is 2. The molecule has 0 aliphatic rings. The molecule has 1 N–H and O–H groups in total. The summed E-state index contributed by atoms with van der Waals surface area (Å²) >= 11 is 0. The molecule has 0 aliphatic carbocycles. The number of hydrazone groups is 1. The van der Waals surface area contributed by atoms with Crippen LogP contribution in [0.1, 0.15) is 21.9 Å². The molecule has 4 rings (SSSR count). The van der Waals surface area contributed by atoms with Crippen molar-refractivity contribution in [3.63, 3.8) is 0 Å². The number of carbonyl (C=O) groups is 1. The first-order chi connectivity index (χ1) is 13.2. The first kappa shape index (κ1) is 16.7. The van der Waals surface area contributed by atoms with Gasteiger partial charge in [0.05, 0.1) is 23.0 Å². The van der Waals surface area contributed by atoms with Gasteiger partial charge in [0.2, 0.25) is 0 Å². The lowest BCUT2D eigenvalue weighted by Gasteiger charge is -2.08. The van der Waals surface area contributed by atoms with Crippen LogP contribution in [-0.2, 0) is 0 Å². The van der Waals surface area contributed by atoms with Crippen LogP contribution in [0.3, 0.4) is 0 Å². The van der Waals surface area contributed by atoms with Gasteiger partial charge in [-0.2, -0.15) is 5.10 Å². The van der Waals surface area contributed by atoms with Crippen LogP contribution in [0.5, 0.6) is 0 Å². The van der Waals surface area contributed by atoms with Crippen LogP contribution in [0.2, 0.25) is 0 Å². The summed E-state index contributed by atoms with van der Waals surface area (Å²) in [5, 5.41) is 4.75. The zero-order chi connectivity index (χ0) is 18.6. The summed E-state index contributed by atoms with van der Waals surface area (Å²) < 4.78 is 5.40. The van der Waals surface area contributed by atoms with E-state index in [0.717, 1.165) is 22.2 Å². The van der Waals surface area contributed by atoms with Gasteiger partial charge in [0, 0.05) is 23.3 Å². The minimum absolute atomic E-state index is 0.316. The number of rotatable bonds is 4. The topological polar surface area (TPSA) is 80.4 Å². The second-order valence-corrected chi connectivity index (χ2v) is 5.96. The van der Waals surface area contributed by atoms with E-state index in [1.165, 1.54) is 6.21 Å². The molecule has 27 heavy (non-hydrogen) atoms. The van der Waals surface area contributed by atoms with Crippen molar-refractivity contribution < 1.29 is 9.21 Å². The normalized spacial score (nSPS) is 11.1. The standard InChI is InChI=1S/C21H16N4O2/c1-14-6-7-16(27-14)13-23-25-21(26)18-12-20(15-8-10-22-11-9-15)24-19-5-3-2-4-17(18)19/h2-13H,1H3,(H,25,26). The minimum Gasteiger partial charge on any atom is -0.460 e. The van der Waals surface area contributed by atoms with Gasteiger partial charge in [-0.1, -0.05) is 18.2 Å². The van der Waals surface area contributed by atoms with E-state index in [1.807, 2.05) is 49.4 Å². The Kier molecular flexibility index (Phi) is 4.45.